The monoisotopic (exact) mass is 296 g/mol. The molecule has 1 saturated heterocycles. The second kappa shape index (κ2) is 5.13. The predicted molar refractivity (Wildman–Crippen MR) is 71.3 cm³/mol. The maximum absolute atomic E-state index is 12.4. The van der Waals surface area contributed by atoms with Gasteiger partial charge in [0.25, 0.3) is 5.91 Å². The Balaban J connectivity index is 2.42. The molecular formula is C13H13ClN2O4. The second-order valence-corrected chi connectivity index (χ2v) is 4.92. The van der Waals surface area contributed by atoms with Gasteiger partial charge < -0.3 is 10.4 Å². The summed E-state index contributed by atoms with van der Waals surface area (Å²) in [6.07, 6.45) is 0.315. The molecule has 1 aromatic carbocycles. The largest absolute Gasteiger partial charge is 0.480 e. The van der Waals surface area contributed by atoms with Crippen molar-refractivity contribution in [3.8, 4) is 0 Å². The Hall–Kier alpha value is -2.08. The van der Waals surface area contributed by atoms with Crippen molar-refractivity contribution in [2.24, 2.45) is 0 Å². The van der Waals surface area contributed by atoms with E-state index in [1.807, 2.05) is 0 Å². The number of nitrogens with one attached hydrogen (secondary N) is 1. The summed E-state index contributed by atoms with van der Waals surface area (Å²) in [6, 6.07) is 5.83. The summed E-state index contributed by atoms with van der Waals surface area (Å²) in [6.45, 7) is 1.09. The number of nitrogens with zero attached hydrogens (tertiary/aromatic N) is 1. The molecule has 2 N–H and O–H groups in total. The molecule has 1 unspecified atom stereocenters. The van der Waals surface area contributed by atoms with Crippen molar-refractivity contribution in [3.63, 3.8) is 0 Å². The molecule has 20 heavy (non-hydrogen) atoms. The Morgan fingerprint density at radius 1 is 1.35 bits per heavy atom. The van der Waals surface area contributed by atoms with E-state index in [9.17, 15) is 14.4 Å². The molecule has 0 spiro atoms. The first-order valence-electron chi connectivity index (χ1n) is 6.02. The number of carbonyl (C=O) groups is 3. The van der Waals surface area contributed by atoms with Crippen LogP contribution in [0.3, 0.4) is 0 Å². The highest BCUT2D eigenvalue weighted by molar-refractivity contribution is 6.30. The number of hydrogen-bond donors (Lipinski definition) is 2. The van der Waals surface area contributed by atoms with Gasteiger partial charge in [0, 0.05) is 5.02 Å². The van der Waals surface area contributed by atoms with Crippen molar-refractivity contribution in [1.29, 1.82) is 0 Å². The van der Waals surface area contributed by atoms with Crippen molar-refractivity contribution in [3.05, 3.63) is 34.9 Å². The first-order valence-corrected chi connectivity index (χ1v) is 6.40. The number of carboxylic acid groups (broad SMARTS) is 1. The fraction of sp³-hybridized carbons (Fsp3) is 0.308. The molecule has 0 aliphatic carbocycles. The molecule has 1 aliphatic heterocycles. The summed E-state index contributed by atoms with van der Waals surface area (Å²) < 4.78 is 0. The molecule has 1 fully saturated rings. The van der Waals surface area contributed by atoms with E-state index in [2.05, 4.69) is 5.32 Å². The van der Waals surface area contributed by atoms with Gasteiger partial charge in [0.15, 0.2) is 0 Å². The third kappa shape index (κ3) is 2.22. The summed E-state index contributed by atoms with van der Waals surface area (Å²) >= 11 is 5.81. The number of imide groups is 1. The van der Waals surface area contributed by atoms with Crippen molar-refractivity contribution >= 4 is 29.5 Å². The van der Waals surface area contributed by atoms with Crippen LogP contribution in [-0.4, -0.2) is 34.5 Å². The van der Waals surface area contributed by atoms with Crippen LogP contribution < -0.4 is 5.32 Å². The van der Waals surface area contributed by atoms with E-state index in [0.29, 0.717) is 21.9 Å². The number of aliphatic carboxylic acids is 1. The van der Waals surface area contributed by atoms with Gasteiger partial charge in [0.1, 0.15) is 12.1 Å². The molecule has 1 aliphatic rings. The number of benzene rings is 1. The molecule has 6 nitrogen and oxygen atoms in total. The van der Waals surface area contributed by atoms with Gasteiger partial charge in [0.05, 0.1) is 0 Å². The maximum atomic E-state index is 12.4. The van der Waals surface area contributed by atoms with E-state index < -0.39 is 30.0 Å². The molecular weight excluding hydrogens is 284 g/mol. The minimum atomic E-state index is -1.24. The zero-order valence-corrected chi connectivity index (χ0v) is 11.5. The third-order valence-corrected chi connectivity index (χ3v) is 3.59. The van der Waals surface area contributed by atoms with Crippen LogP contribution in [0.4, 0.5) is 4.79 Å². The van der Waals surface area contributed by atoms with Gasteiger partial charge in [-0.1, -0.05) is 30.7 Å². The van der Waals surface area contributed by atoms with Gasteiger partial charge in [-0.2, -0.15) is 0 Å². The van der Waals surface area contributed by atoms with Crippen LogP contribution in [0.5, 0.6) is 0 Å². The second-order valence-electron chi connectivity index (χ2n) is 4.48. The van der Waals surface area contributed by atoms with Crippen LogP contribution in [0.15, 0.2) is 24.3 Å². The molecule has 3 amide bonds. The number of rotatable bonds is 4. The van der Waals surface area contributed by atoms with E-state index in [-0.39, 0.29) is 0 Å². The zero-order valence-electron chi connectivity index (χ0n) is 10.7. The Bertz CT molecular complexity index is 572. The van der Waals surface area contributed by atoms with Crippen LogP contribution in [-0.2, 0) is 15.1 Å². The van der Waals surface area contributed by atoms with Crippen LogP contribution in [0.2, 0.25) is 5.02 Å². The number of carbonyl (C=O) groups excluding carboxylic acids is 2. The lowest BCUT2D eigenvalue weighted by molar-refractivity contribution is -0.143. The SMILES string of the molecule is CCC1(c2ccc(Cl)cc2)NC(=O)N(CC(=O)O)C1=O. The normalized spacial score (nSPS) is 22.0. The highest BCUT2D eigenvalue weighted by atomic mass is 35.5. The molecule has 0 aromatic heterocycles. The fourth-order valence-corrected chi connectivity index (χ4v) is 2.40. The molecule has 106 valence electrons. The van der Waals surface area contributed by atoms with Crippen molar-refractivity contribution < 1.29 is 19.5 Å². The number of amides is 3. The Morgan fingerprint density at radius 2 is 1.95 bits per heavy atom. The van der Waals surface area contributed by atoms with E-state index in [1.54, 1.807) is 31.2 Å². The topological polar surface area (TPSA) is 86.7 Å². The molecule has 7 heteroatoms. The predicted octanol–water partition coefficient (Wildman–Crippen LogP) is 1.58. The van der Waals surface area contributed by atoms with Gasteiger partial charge >= 0.3 is 12.0 Å². The van der Waals surface area contributed by atoms with Crippen LogP contribution in [0.25, 0.3) is 0 Å². The molecule has 1 aromatic rings. The quantitative estimate of drug-likeness (QED) is 0.826. The van der Waals surface area contributed by atoms with Gasteiger partial charge in [-0.05, 0) is 24.1 Å². The number of hydrogen-bond acceptors (Lipinski definition) is 3. The fourth-order valence-electron chi connectivity index (χ4n) is 2.28. The lowest BCUT2D eigenvalue weighted by atomic mass is 9.87. The molecule has 0 bridgehead atoms. The summed E-state index contributed by atoms with van der Waals surface area (Å²) in [5, 5.41) is 11.9. The highest BCUT2D eigenvalue weighted by Gasteiger charge is 2.51. The first kappa shape index (κ1) is 14.3. The number of halogens is 1. The minimum Gasteiger partial charge on any atom is -0.480 e. The van der Waals surface area contributed by atoms with Crippen LogP contribution in [0.1, 0.15) is 18.9 Å². The summed E-state index contributed by atoms with van der Waals surface area (Å²) in [5.41, 5.74) is -0.646. The van der Waals surface area contributed by atoms with E-state index in [0.717, 1.165) is 0 Å². The molecule has 1 heterocycles. The molecule has 0 saturated carbocycles. The van der Waals surface area contributed by atoms with E-state index in [1.165, 1.54) is 0 Å². The van der Waals surface area contributed by atoms with Gasteiger partial charge in [-0.3, -0.25) is 14.5 Å². The van der Waals surface area contributed by atoms with E-state index >= 15 is 0 Å². The van der Waals surface area contributed by atoms with Crippen molar-refractivity contribution in [2.75, 3.05) is 6.54 Å². The zero-order chi connectivity index (χ0) is 14.9. The van der Waals surface area contributed by atoms with Crippen LogP contribution >= 0.6 is 11.6 Å². The molecule has 1 atom stereocenters. The van der Waals surface area contributed by atoms with Gasteiger partial charge in [-0.15, -0.1) is 0 Å². The summed E-state index contributed by atoms with van der Waals surface area (Å²) in [5.74, 6) is -1.80. The van der Waals surface area contributed by atoms with E-state index in [4.69, 9.17) is 16.7 Å². The average Bonchev–Trinajstić information content (AvgIpc) is 2.64. The first-order chi connectivity index (χ1) is 9.40. The lowest BCUT2D eigenvalue weighted by Gasteiger charge is -2.25. The van der Waals surface area contributed by atoms with Crippen molar-refractivity contribution in [2.45, 2.75) is 18.9 Å². The van der Waals surface area contributed by atoms with Gasteiger partial charge in [-0.25, -0.2) is 4.79 Å². The summed E-state index contributed by atoms with van der Waals surface area (Å²) in [7, 11) is 0. The standard InChI is InChI=1S/C13H13ClN2O4/c1-2-13(8-3-5-9(14)6-4-8)11(19)16(7-10(17)18)12(20)15-13/h3-6H,2,7H2,1H3,(H,15,20)(H,17,18). The lowest BCUT2D eigenvalue weighted by Crippen LogP contribution is -2.43. The highest BCUT2D eigenvalue weighted by Crippen LogP contribution is 2.32. The smallest absolute Gasteiger partial charge is 0.325 e. The Morgan fingerprint density at radius 3 is 2.45 bits per heavy atom. The molecule has 2 rings (SSSR count). The Kier molecular flexibility index (Phi) is 3.67. The maximum Gasteiger partial charge on any atom is 0.325 e. The third-order valence-electron chi connectivity index (χ3n) is 3.34. The minimum absolute atomic E-state index is 0.315. The number of carboxylic acids is 1. The molecule has 0 radical (unpaired) electrons. The summed E-state index contributed by atoms with van der Waals surface area (Å²) in [4.78, 5) is 35.7. The van der Waals surface area contributed by atoms with Crippen molar-refractivity contribution in [1.82, 2.24) is 10.2 Å². The Labute approximate surface area is 120 Å². The van der Waals surface area contributed by atoms with Crippen LogP contribution in [0, 0.1) is 0 Å². The van der Waals surface area contributed by atoms with Gasteiger partial charge in [0.2, 0.25) is 0 Å². The number of urea groups is 1. The average molecular weight is 297 g/mol.